The van der Waals surface area contributed by atoms with Crippen LogP contribution in [-0.4, -0.2) is 31.1 Å². The topological polar surface area (TPSA) is 15.3 Å². The zero-order chi connectivity index (χ0) is 13.9. The largest absolute Gasteiger partial charge is 0.314 e. The highest BCUT2D eigenvalue weighted by atomic mass is 32.1. The van der Waals surface area contributed by atoms with Gasteiger partial charge in [0.1, 0.15) is 0 Å². The fourth-order valence-corrected chi connectivity index (χ4v) is 3.93. The third-order valence-electron chi connectivity index (χ3n) is 4.05. The highest BCUT2D eigenvalue weighted by Gasteiger charge is 2.25. The molecule has 2 aromatic rings. The van der Waals surface area contributed by atoms with Gasteiger partial charge in [0.2, 0.25) is 0 Å². The third kappa shape index (κ3) is 2.80. The first kappa shape index (κ1) is 13.8. The van der Waals surface area contributed by atoms with Gasteiger partial charge in [-0.25, -0.2) is 0 Å². The van der Waals surface area contributed by atoms with Gasteiger partial charge in [-0.15, -0.1) is 11.3 Å². The molecule has 1 atom stereocenters. The van der Waals surface area contributed by atoms with E-state index in [0.717, 1.165) is 26.2 Å². The molecular weight excluding hydrogens is 264 g/mol. The van der Waals surface area contributed by atoms with Crippen LogP contribution < -0.4 is 5.32 Å². The Morgan fingerprint density at radius 3 is 2.60 bits per heavy atom. The Hall–Kier alpha value is -1.16. The van der Waals surface area contributed by atoms with Crippen molar-refractivity contribution in [3.05, 3.63) is 57.3 Å². The monoisotopic (exact) mass is 286 g/mol. The molecule has 2 heterocycles. The molecule has 1 aromatic carbocycles. The van der Waals surface area contributed by atoms with Gasteiger partial charge in [-0.1, -0.05) is 29.8 Å². The van der Waals surface area contributed by atoms with Crippen molar-refractivity contribution in [3.63, 3.8) is 0 Å². The zero-order valence-electron chi connectivity index (χ0n) is 12.2. The Morgan fingerprint density at radius 1 is 1.15 bits per heavy atom. The van der Waals surface area contributed by atoms with Gasteiger partial charge in [0.05, 0.1) is 6.04 Å². The van der Waals surface area contributed by atoms with Crippen molar-refractivity contribution in [3.8, 4) is 0 Å². The summed E-state index contributed by atoms with van der Waals surface area (Å²) < 4.78 is 0. The fourth-order valence-electron chi connectivity index (χ4n) is 3.05. The maximum atomic E-state index is 3.45. The van der Waals surface area contributed by atoms with Crippen molar-refractivity contribution < 1.29 is 0 Å². The second kappa shape index (κ2) is 6.08. The average Bonchev–Trinajstić information content (AvgIpc) is 2.97. The quantitative estimate of drug-likeness (QED) is 0.931. The van der Waals surface area contributed by atoms with Gasteiger partial charge in [-0.05, 0) is 36.4 Å². The molecule has 0 unspecified atom stereocenters. The summed E-state index contributed by atoms with van der Waals surface area (Å²) in [5, 5.41) is 5.64. The minimum absolute atomic E-state index is 0.415. The van der Waals surface area contributed by atoms with Crippen molar-refractivity contribution in [1.82, 2.24) is 10.2 Å². The molecule has 1 aromatic heterocycles. The lowest BCUT2D eigenvalue weighted by Gasteiger charge is -2.35. The molecule has 3 heteroatoms. The highest BCUT2D eigenvalue weighted by Crippen LogP contribution is 2.34. The number of aryl methyl sites for hydroxylation is 2. The Morgan fingerprint density at radius 2 is 1.95 bits per heavy atom. The van der Waals surface area contributed by atoms with E-state index in [1.165, 1.54) is 21.6 Å². The number of nitrogens with zero attached hydrogens (tertiary/aromatic N) is 1. The van der Waals surface area contributed by atoms with Crippen LogP contribution in [0.5, 0.6) is 0 Å². The van der Waals surface area contributed by atoms with Crippen LogP contribution >= 0.6 is 11.3 Å². The molecule has 1 aliphatic heterocycles. The average molecular weight is 286 g/mol. The van der Waals surface area contributed by atoms with E-state index < -0.39 is 0 Å². The van der Waals surface area contributed by atoms with Gasteiger partial charge >= 0.3 is 0 Å². The van der Waals surface area contributed by atoms with Crippen LogP contribution in [0.15, 0.2) is 35.7 Å². The Labute approximate surface area is 125 Å². The second-order valence-corrected chi connectivity index (χ2v) is 6.54. The minimum atomic E-state index is 0.415. The van der Waals surface area contributed by atoms with E-state index in [1.807, 2.05) is 11.3 Å². The molecule has 20 heavy (non-hydrogen) atoms. The van der Waals surface area contributed by atoms with Gasteiger partial charge in [0, 0.05) is 31.1 Å². The van der Waals surface area contributed by atoms with Crippen molar-refractivity contribution in [2.45, 2.75) is 19.9 Å². The molecule has 2 nitrogen and oxygen atoms in total. The van der Waals surface area contributed by atoms with Gasteiger partial charge < -0.3 is 5.32 Å². The van der Waals surface area contributed by atoms with Crippen LogP contribution in [0.2, 0.25) is 0 Å². The summed E-state index contributed by atoms with van der Waals surface area (Å²) in [6.45, 7) is 8.83. The van der Waals surface area contributed by atoms with Gasteiger partial charge in [-0.2, -0.15) is 0 Å². The zero-order valence-corrected chi connectivity index (χ0v) is 13.0. The lowest BCUT2D eigenvalue weighted by molar-refractivity contribution is 0.200. The molecular formula is C17H22N2S. The summed E-state index contributed by atoms with van der Waals surface area (Å²) in [6.07, 6.45) is 0. The SMILES string of the molecule is Cc1ccc([C@H](c2cccs2)N2CCNCC2)c(C)c1. The van der Waals surface area contributed by atoms with E-state index in [2.05, 4.69) is 59.8 Å². The summed E-state index contributed by atoms with van der Waals surface area (Å²) >= 11 is 1.87. The van der Waals surface area contributed by atoms with E-state index in [-0.39, 0.29) is 0 Å². The molecule has 0 radical (unpaired) electrons. The maximum Gasteiger partial charge on any atom is 0.0699 e. The Balaban J connectivity index is 2.00. The van der Waals surface area contributed by atoms with Gasteiger partial charge in [-0.3, -0.25) is 4.90 Å². The van der Waals surface area contributed by atoms with E-state index >= 15 is 0 Å². The van der Waals surface area contributed by atoms with E-state index in [9.17, 15) is 0 Å². The van der Waals surface area contributed by atoms with Crippen molar-refractivity contribution >= 4 is 11.3 Å². The van der Waals surface area contributed by atoms with E-state index in [0.29, 0.717) is 6.04 Å². The van der Waals surface area contributed by atoms with Crippen molar-refractivity contribution in [2.24, 2.45) is 0 Å². The summed E-state index contributed by atoms with van der Waals surface area (Å²) in [4.78, 5) is 4.07. The first-order valence-corrected chi connectivity index (χ1v) is 8.19. The van der Waals surface area contributed by atoms with Crippen LogP contribution in [-0.2, 0) is 0 Å². The second-order valence-electron chi connectivity index (χ2n) is 5.56. The van der Waals surface area contributed by atoms with E-state index in [4.69, 9.17) is 0 Å². The van der Waals surface area contributed by atoms with Crippen LogP contribution in [0.1, 0.15) is 27.6 Å². The Bertz CT molecular complexity index is 556. The number of hydrogen-bond acceptors (Lipinski definition) is 3. The van der Waals surface area contributed by atoms with Crippen molar-refractivity contribution in [1.29, 1.82) is 0 Å². The molecule has 0 aliphatic carbocycles. The van der Waals surface area contributed by atoms with Crippen LogP contribution in [0.3, 0.4) is 0 Å². The molecule has 0 amide bonds. The molecule has 1 fully saturated rings. The molecule has 1 saturated heterocycles. The maximum absolute atomic E-state index is 3.45. The summed E-state index contributed by atoms with van der Waals surface area (Å²) in [5.41, 5.74) is 4.21. The lowest BCUT2D eigenvalue weighted by atomic mass is 9.96. The molecule has 1 N–H and O–H groups in total. The number of thiophene rings is 1. The Kier molecular flexibility index (Phi) is 4.20. The van der Waals surface area contributed by atoms with Gasteiger partial charge in [0.15, 0.2) is 0 Å². The fraction of sp³-hybridized carbons (Fsp3) is 0.412. The standard InChI is InChI=1S/C17H22N2S/c1-13-5-6-15(14(2)12-13)17(16-4-3-11-20-16)19-9-7-18-8-10-19/h3-6,11-12,17-18H,7-10H2,1-2H3/t17-/m1/s1. The van der Waals surface area contributed by atoms with Crippen LogP contribution in [0, 0.1) is 13.8 Å². The number of nitrogens with one attached hydrogen (secondary N) is 1. The minimum Gasteiger partial charge on any atom is -0.314 e. The predicted molar refractivity (Wildman–Crippen MR) is 86.5 cm³/mol. The molecule has 3 rings (SSSR count). The summed E-state index contributed by atoms with van der Waals surface area (Å²) in [7, 11) is 0. The van der Waals surface area contributed by atoms with Gasteiger partial charge in [0.25, 0.3) is 0 Å². The first-order valence-electron chi connectivity index (χ1n) is 7.31. The smallest absolute Gasteiger partial charge is 0.0699 e. The van der Waals surface area contributed by atoms with Crippen LogP contribution in [0.25, 0.3) is 0 Å². The molecule has 1 aliphatic rings. The highest BCUT2D eigenvalue weighted by molar-refractivity contribution is 7.10. The van der Waals surface area contributed by atoms with E-state index in [1.54, 1.807) is 0 Å². The molecule has 0 spiro atoms. The third-order valence-corrected chi connectivity index (χ3v) is 4.97. The summed E-state index contributed by atoms with van der Waals surface area (Å²) in [6, 6.07) is 11.7. The number of benzene rings is 1. The molecule has 106 valence electrons. The number of piperazine rings is 1. The van der Waals surface area contributed by atoms with Crippen LogP contribution in [0.4, 0.5) is 0 Å². The number of rotatable bonds is 3. The molecule has 0 bridgehead atoms. The normalized spacial score (nSPS) is 18.1. The molecule has 0 saturated carbocycles. The summed E-state index contributed by atoms with van der Waals surface area (Å²) in [5.74, 6) is 0. The first-order chi connectivity index (χ1) is 9.75. The number of hydrogen-bond donors (Lipinski definition) is 1. The van der Waals surface area contributed by atoms with Crippen molar-refractivity contribution in [2.75, 3.05) is 26.2 Å². The predicted octanol–water partition coefficient (Wildman–Crippen LogP) is 3.36. The lowest BCUT2D eigenvalue weighted by Crippen LogP contribution is -2.45.